The lowest BCUT2D eigenvalue weighted by molar-refractivity contribution is 0.235. The normalized spacial score (nSPS) is 12.6. The fourth-order valence-corrected chi connectivity index (χ4v) is 3.29. The molecule has 0 aliphatic carbocycles. The standard InChI is InChI=1S/C23H24ClN3/c1-2-27(17-18-6-4-3-5-7-18)23(19-12-14-26-15-13-19)11-8-20-16-21(24)9-10-22(20)25/h3-16,23H,2,17,25H2,1H3/b11-8+. The lowest BCUT2D eigenvalue weighted by Crippen LogP contribution is -2.27. The van der Waals surface area contributed by atoms with Crippen molar-refractivity contribution in [1.82, 2.24) is 9.88 Å². The zero-order valence-corrected chi connectivity index (χ0v) is 16.2. The first-order chi connectivity index (χ1) is 13.2. The summed E-state index contributed by atoms with van der Waals surface area (Å²) in [6, 6.07) is 20.3. The maximum Gasteiger partial charge on any atom is 0.0539 e. The minimum Gasteiger partial charge on any atom is -0.398 e. The summed E-state index contributed by atoms with van der Waals surface area (Å²) >= 11 is 6.14. The number of pyridine rings is 1. The van der Waals surface area contributed by atoms with Crippen molar-refractivity contribution in [2.24, 2.45) is 0 Å². The summed E-state index contributed by atoms with van der Waals surface area (Å²) in [5, 5.41) is 0.681. The van der Waals surface area contributed by atoms with Crippen LogP contribution in [0.2, 0.25) is 5.02 Å². The van der Waals surface area contributed by atoms with Crippen LogP contribution < -0.4 is 5.73 Å². The predicted octanol–water partition coefficient (Wildman–Crippen LogP) is 5.59. The van der Waals surface area contributed by atoms with Gasteiger partial charge in [0.15, 0.2) is 0 Å². The SMILES string of the molecule is CCN(Cc1ccccc1)C(/C=C/c1cc(Cl)ccc1N)c1ccncc1. The highest BCUT2D eigenvalue weighted by Gasteiger charge is 2.17. The van der Waals surface area contributed by atoms with Gasteiger partial charge in [0, 0.05) is 29.6 Å². The number of hydrogen-bond acceptors (Lipinski definition) is 3. The van der Waals surface area contributed by atoms with E-state index in [-0.39, 0.29) is 6.04 Å². The molecular weight excluding hydrogens is 354 g/mol. The van der Waals surface area contributed by atoms with Crippen LogP contribution in [-0.4, -0.2) is 16.4 Å². The Morgan fingerprint density at radius 1 is 1.07 bits per heavy atom. The summed E-state index contributed by atoms with van der Waals surface area (Å²) in [4.78, 5) is 6.58. The molecule has 0 aliphatic heterocycles. The van der Waals surface area contributed by atoms with Crippen molar-refractivity contribution >= 4 is 23.4 Å². The molecule has 2 N–H and O–H groups in total. The van der Waals surface area contributed by atoms with E-state index in [9.17, 15) is 0 Å². The van der Waals surface area contributed by atoms with Crippen LogP contribution in [0.4, 0.5) is 5.69 Å². The summed E-state index contributed by atoms with van der Waals surface area (Å²) in [7, 11) is 0. The highest BCUT2D eigenvalue weighted by atomic mass is 35.5. The van der Waals surface area contributed by atoms with Gasteiger partial charge in [0.1, 0.15) is 0 Å². The van der Waals surface area contributed by atoms with E-state index in [0.29, 0.717) is 5.02 Å². The van der Waals surface area contributed by atoms with Gasteiger partial charge in [0.2, 0.25) is 0 Å². The molecule has 0 bridgehead atoms. The van der Waals surface area contributed by atoms with Crippen LogP contribution in [0.5, 0.6) is 0 Å². The van der Waals surface area contributed by atoms with Crippen LogP contribution in [0.1, 0.15) is 29.7 Å². The maximum absolute atomic E-state index is 6.14. The van der Waals surface area contributed by atoms with Crippen molar-refractivity contribution in [2.45, 2.75) is 19.5 Å². The molecule has 2 aromatic carbocycles. The zero-order chi connectivity index (χ0) is 19.1. The molecule has 0 fully saturated rings. The van der Waals surface area contributed by atoms with Gasteiger partial charge in [0.05, 0.1) is 6.04 Å². The first-order valence-corrected chi connectivity index (χ1v) is 9.46. The summed E-state index contributed by atoms with van der Waals surface area (Å²) in [5.41, 5.74) is 10.2. The van der Waals surface area contributed by atoms with Gasteiger partial charge in [-0.25, -0.2) is 0 Å². The minimum atomic E-state index is 0.108. The number of nitrogens with zero attached hydrogens (tertiary/aromatic N) is 2. The Balaban J connectivity index is 1.93. The Hall–Kier alpha value is -2.62. The second kappa shape index (κ2) is 9.36. The van der Waals surface area contributed by atoms with Gasteiger partial charge in [-0.1, -0.05) is 61.0 Å². The van der Waals surface area contributed by atoms with E-state index >= 15 is 0 Å². The number of benzene rings is 2. The molecule has 0 aliphatic rings. The Morgan fingerprint density at radius 3 is 2.52 bits per heavy atom. The van der Waals surface area contributed by atoms with Crippen LogP contribution in [0.25, 0.3) is 6.08 Å². The second-order valence-electron chi connectivity index (χ2n) is 6.41. The average molecular weight is 378 g/mol. The van der Waals surface area contributed by atoms with Crippen molar-refractivity contribution in [2.75, 3.05) is 12.3 Å². The number of anilines is 1. The molecule has 0 amide bonds. The molecular formula is C23H24ClN3. The molecule has 1 aromatic heterocycles. The summed E-state index contributed by atoms with van der Waals surface area (Å²) in [6.07, 6.45) is 7.91. The van der Waals surface area contributed by atoms with Gasteiger partial charge in [-0.3, -0.25) is 9.88 Å². The van der Waals surface area contributed by atoms with E-state index in [1.54, 1.807) is 0 Å². The molecule has 1 atom stereocenters. The van der Waals surface area contributed by atoms with Gasteiger partial charge < -0.3 is 5.73 Å². The fraction of sp³-hybridized carbons (Fsp3) is 0.174. The Labute approximate surface area is 166 Å². The number of likely N-dealkylation sites (N-methyl/N-ethyl adjacent to an activating group) is 1. The number of aromatic nitrogens is 1. The topological polar surface area (TPSA) is 42.1 Å². The van der Waals surface area contributed by atoms with Crippen molar-refractivity contribution in [3.63, 3.8) is 0 Å². The minimum absolute atomic E-state index is 0.108. The van der Waals surface area contributed by atoms with Crippen LogP contribution in [0.15, 0.2) is 79.1 Å². The summed E-state index contributed by atoms with van der Waals surface area (Å²) in [6.45, 7) is 3.95. The van der Waals surface area contributed by atoms with Crippen molar-refractivity contribution in [1.29, 1.82) is 0 Å². The highest BCUT2D eigenvalue weighted by Crippen LogP contribution is 2.26. The third kappa shape index (κ3) is 5.19. The second-order valence-corrected chi connectivity index (χ2v) is 6.84. The molecule has 1 heterocycles. The molecule has 1 unspecified atom stereocenters. The van der Waals surface area contributed by atoms with Crippen molar-refractivity contribution in [3.05, 3.63) is 101 Å². The van der Waals surface area contributed by atoms with Gasteiger partial charge in [-0.2, -0.15) is 0 Å². The lowest BCUT2D eigenvalue weighted by Gasteiger charge is -2.29. The van der Waals surface area contributed by atoms with E-state index in [2.05, 4.69) is 65.4 Å². The molecule has 3 aromatic rings. The Bertz CT molecular complexity index is 879. The number of nitrogens with two attached hydrogens (primary N) is 1. The molecule has 0 saturated carbocycles. The maximum atomic E-state index is 6.14. The smallest absolute Gasteiger partial charge is 0.0539 e. The monoisotopic (exact) mass is 377 g/mol. The van der Waals surface area contributed by atoms with Crippen LogP contribution in [0, 0.1) is 0 Å². The quantitative estimate of drug-likeness (QED) is 0.545. The first kappa shape index (κ1) is 19.2. The predicted molar refractivity (Wildman–Crippen MR) is 114 cm³/mol. The van der Waals surface area contributed by atoms with Crippen molar-refractivity contribution < 1.29 is 0 Å². The number of rotatable bonds is 7. The Kier molecular flexibility index (Phi) is 6.64. The van der Waals surface area contributed by atoms with E-state index in [0.717, 1.165) is 24.3 Å². The molecule has 3 nitrogen and oxygen atoms in total. The van der Waals surface area contributed by atoms with E-state index in [1.807, 2.05) is 36.7 Å². The molecule has 27 heavy (non-hydrogen) atoms. The van der Waals surface area contributed by atoms with Gasteiger partial charge in [0.25, 0.3) is 0 Å². The third-order valence-corrected chi connectivity index (χ3v) is 4.82. The summed E-state index contributed by atoms with van der Waals surface area (Å²) < 4.78 is 0. The largest absolute Gasteiger partial charge is 0.398 e. The molecule has 138 valence electrons. The number of hydrogen-bond donors (Lipinski definition) is 1. The van der Waals surface area contributed by atoms with Crippen LogP contribution in [0.3, 0.4) is 0 Å². The van der Waals surface area contributed by atoms with Gasteiger partial charge >= 0.3 is 0 Å². The zero-order valence-electron chi connectivity index (χ0n) is 15.4. The molecule has 0 saturated heterocycles. The molecule has 3 rings (SSSR count). The van der Waals surface area contributed by atoms with Gasteiger partial charge in [-0.15, -0.1) is 0 Å². The molecule has 0 radical (unpaired) electrons. The highest BCUT2D eigenvalue weighted by molar-refractivity contribution is 6.30. The third-order valence-electron chi connectivity index (χ3n) is 4.58. The average Bonchev–Trinajstić information content (AvgIpc) is 2.71. The molecule has 4 heteroatoms. The lowest BCUT2D eigenvalue weighted by atomic mass is 10.0. The fourth-order valence-electron chi connectivity index (χ4n) is 3.11. The van der Waals surface area contributed by atoms with E-state index in [1.165, 1.54) is 11.1 Å². The first-order valence-electron chi connectivity index (χ1n) is 9.08. The van der Waals surface area contributed by atoms with Gasteiger partial charge in [-0.05, 0) is 53.6 Å². The number of nitrogen functional groups attached to an aromatic ring is 1. The van der Waals surface area contributed by atoms with E-state index < -0.39 is 0 Å². The summed E-state index contributed by atoms with van der Waals surface area (Å²) in [5.74, 6) is 0. The van der Waals surface area contributed by atoms with Crippen LogP contribution >= 0.6 is 11.6 Å². The molecule has 0 spiro atoms. The Morgan fingerprint density at radius 2 is 1.81 bits per heavy atom. The van der Waals surface area contributed by atoms with Crippen molar-refractivity contribution in [3.8, 4) is 0 Å². The van der Waals surface area contributed by atoms with E-state index in [4.69, 9.17) is 17.3 Å². The van der Waals surface area contributed by atoms with Crippen LogP contribution in [-0.2, 0) is 6.54 Å². The number of halogens is 1.